The van der Waals surface area contributed by atoms with Crippen molar-refractivity contribution < 1.29 is 18.7 Å². The largest absolute Gasteiger partial charge is 0.493 e. The van der Waals surface area contributed by atoms with Crippen LogP contribution in [-0.2, 0) is 12.1 Å². The summed E-state index contributed by atoms with van der Waals surface area (Å²) in [7, 11) is 3.16. The summed E-state index contributed by atoms with van der Waals surface area (Å²) in [6, 6.07) is 9.14. The summed E-state index contributed by atoms with van der Waals surface area (Å²) in [6.45, 7) is 4.37. The maximum absolute atomic E-state index is 13.1. The fraction of sp³-hybridized carbons (Fsp3) is 0.346. The van der Waals surface area contributed by atoms with Crippen LogP contribution in [0.25, 0.3) is 11.0 Å². The standard InChI is InChI=1S/C26H28ClN3O4/c1-15-29-22-18(27)12-17-13-20(34-24(17)21(22)26(30-15)10-5-4-6-11-26)25(31)28-14-16-8-7-9-19(32-2)23(16)33-3/h7-9,12-13,29-30H,1,4-6,10-11,14H2,2-3H3,(H,28,31). The van der Waals surface area contributed by atoms with Crippen molar-refractivity contribution in [2.75, 3.05) is 19.5 Å². The molecule has 0 atom stereocenters. The van der Waals surface area contributed by atoms with Gasteiger partial charge in [0.2, 0.25) is 0 Å². The van der Waals surface area contributed by atoms with E-state index in [1.165, 1.54) is 6.42 Å². The van der Waals surface area contributed by atoms with Crippen molar-refractivity contribution >= 4 is 34.2 Å². The van der Waals surface area contributed by atoms with Crippen LogP contribution in [0.15, 0.2) is 47.1 Å². The molecule has 1 saturated carbocycles. The van der Waals surface area contributed by atoms with E-state index >= 15 is 0 Å². The van der Waals surface area contributed by atoms with Gasteiger partial charge in [0.05, 0.1) is 36.3 Å². The van der Waals surface area contributed by atoms with Crippen LogP contribution in [0.3, 0.4) is 0 Å². The minimum Gasteiger partial charge on any atom is -0.493 e. The number of anilines is 1. The zero-order valence-electron chi connectivity index (χ0n) is 19.3. The number of amides is 1. The highest BCUT2D eigenvalue weighted by molar-refractivity contribution is 6.34. The predicted molar refractivity (Wildman–Crippen MR) is 133 cm³/mol. The molecule has 3 aromatic rings. The van der Waals surface area contributed by atoms with E-state index < -0.39 is 0 Å². The molecule has 1 amide bonds. The Bertz CT molecular complexity index is 1280. The Morgan fingerprint density at radius 3 is 2.74 bits per heavy atom. The van der Waals surface area contributed by atoms with Crippen molar-refractivity contribution in [3.63, 3.8) is 0 Å². The van der Waals surface area contributed by atoms with E-state index in [-0.39, 0.29) is 23.8 Å². The fourth-order valence-corrected chi connectivity index (χ4v) is 5.52. The molecule has 1 aliphatic heterocycles. The molecule has 0 radical (unpaired) electrons. The molecular formula is C26H28ClN3O4. The monoisotopic (exact) mass is 481 g/mol. The van der Waals surface area contributed by atoms with Crippen LogP contribution in [0.2, 0.25) is 5.02 Å². The Balaban J connectivity index is 1.49. The molecule has 34 heavy (non-hydrogen) atoms. The van der Waals surface area contributed by atoms with E-state index in [0.29, 0.717) is 22.1 Å². The molecule has 2 aliphatic rings. The summed E-state index contributed by atoms with van der Waals surface area (Å²) in [5.74, 6) is 1.85. The number of hydrogen-bond donors (Lipinski definition) is 3. The first-order chi connectivity index (χ1) is 16.5. The van der Waals surface area contributed by atoms with Crippen molar-refractivity contribution in [1.29, 1.82) is 0 Å². The van der Waals surface area contributed by atoms with Gasteiger partial charge in [0.15, 0.2) is 17.3 Å². The first-order valence-electron chi connectivity index (χ1n) is 11.4. The smallest absolute Gasteiger partial charge is 0.287 e. The molecule has 0 unspecified atom stereocenters. The van der Waals surface area contributed by atoms with Crippen molar-refractivity contribution in [3.05, 3.63) is 64.6 Å². The fourth-order valence-electron chi connectivity index (χ4n) is 5.26. The van der Waals surface area contributed by atoms with Gasteiger partial charge in [-0.25, -0.2) is 0 Å². The summed E-state index contributed by atoms with van der Waals surface area (Å²) >= 11 is 6.68. The topological polar surface area (TPSA) is 84.8 Å². The Morgan fingerprint density at radius 1 is 1.21 bits per heavy atom. The van der Waals surface area contributed by atoms with Crippen molar-refractivity contribution in [2.45, 2.75) is 44.2 Å². The number of benzene rings is 2. The second-order valence-corrected chi connectivity index (χ2v) is 9.25. The summed E-state index contributed by atoms with van der Waals surface area (Å²) in [5, 5.41) is 11.2. The van der Waals surface area contributed by atoms with Gasteiger partial charge in [-0.3, -0.25) is 4.79 Å². The second-order valence-electron chi connectivity index (χ2n) is 8.84. The van der Waals surface area contributed by atoms with Crippen LogP contribution in [0.4, 0.5) is 5.69 Å². The maximum atomic E-state index is 13.1. The Hall–Kier alpha value is -3.32. The lowest BCUT2D eigenvalue weighted by molar-refractivity contribution is 0.0924. The third kappa shape index (κ3) is 3.74. The molecule has 1 spiro atoms. The van der Waals surface area contributed by atoms with Gasteiger partial charge in [-0.05, 0) is 31.0 Å². The van der Waals surface area contributed by atoms with E-state index in [4.69, 9.17) is 25.5 Å². The number of nitrogens with one attached hydrogen (secondary N) is 3. The number of carbonyl (C=O) groups is 1. The van der Waals surface area contributed by atoms with Gasteiger partial charge < -0.3 is 29.8 Å². The third-order valence-corrected chi connectivity index (χ3v) is 7.06. The lowest BCUT2D eigenvalue weighted by atomic mass is 9.74. The van der Waals surface area contributed by atoms with E-state index in [1.54, 1.807) is 20.3 Å². The molecule has 0 bridgehead atoms. The molecule has 2 heterocycles. The van der Waals surface area contributed by atoms with Crippen LogP contribution in [-0.4, -0.2) is 20.1 Å². The minimum absolute atomic E-state index is 0.233. The maximum Gasteiger partial charge on any atom is 0.287 e. The molecule has 2 aromatic carbocycles. The number of carbonyl (C=O) groups excluding carboxylic acids is 1. The third-order valence-electron chi connectivity index (χ3n) is 6.76. The lowest BCUT2D eigenvalue weighted by Crippen LogP contribution is -2.48. The van der Waals surface area contributed by atoms with Gasteiger partial charge in [-0.15, -0.1) is 0 Å². The summed E-state index contributed by atoms with van der Waals surface area (Å²) in [4.78, 5) is 13.1. The normalized spacial score (nSPS) is 16.5. The quantitative estimate of drug-likeness (QED) is 0.435. The van der Waals surface area contributed by atoms with Crippen LogP contribution in [0, 0.1) is 0 Å². The number of furan rings is 1. The van der Waals surface area contributed by atoms with E-state index in [0.717, 1.165) is 53.7 Å². The summed E-state index contributed by atoms with van der Waals surface area (Å²) in [6.07, 6.45) is 5.30. The van der Waals surface area contributed by atoms with Crippen molar-refractivity contribution in [2.24, 2.45) is 0 Å². The van der Waals surface area contributed by atoms with Gasteiger partial charge in [-0.1, -0.05) is 49.6 Å². The van der Waals surface area contributed by atoms with Crippen LogP contribution in [0.1, 0.15) is 53.8 Å². The SMILES string of the molecule is C=C1Nc2c(Cl)cc3cc(C(=O)NCc4cccc(OC)c4OC)oc3c2C2(CCCCC2)N1. The lowest BCUT2D eigenvalue weighted by Gasteiger charge is -2.44. The molecule has 0 saturated heterocycles. The highest BCUT2D eigenvalue weighted by atomic mass is 35.5. The van der Waals surface area contributed by atoms with Crippen molar-refractivity contribution in [1.82, 2.24) is 10.6 Å². The number of fused-ring (bicyclic) bond motifs is 4. The molecule has 7 nitrogen and oxygen atoms in total. The van der Waals surface area contributed by atoms with Gasteiger partial charge in [0.1, 0.15) is 5.58 Å². The first-order valence-corrected chi connectivity index (χ1v) is 11.8. The Kier molecular flexibility index (Phi) is 5.81. The van der Waals surface area contributed by atoms with E-state index in [2.05, 4.69) is 22.5 Å². The average Bonchev–Trinajstić information content (AvgIpc) is 3.26. The number of rotatable bonds is 5. The number of hydrogen-bond acceptors (Lipinski definition) is 6. The van der Waals surface area contributed by atoms with Crippen LogP contribution >= 0.6 is 11.6 Å². The zero-order chi connectivity index (χ0) is 23.9. The van der Waals surface area contributed by atoms with Crippen LogP contribution < -0.4 is 25.4 Å². The Labute approximate surface area is 203 Å². The van der Waals surface area contributed by atoms with Crippen LogP contribution in [0.5, 0.6) is 11.5 Å². The Morgan fingerprint density at radius 2 is 2.00 bits per heavy atom. The molecular weight excluding hydrogens is 454 g/mol. The summed E-state index contributed by atoms with van der Waals surface area (Å²) in [5.41, 5.74) is 2.97. The van der Waals surface area contributed by atoms with E-state index in [9.17, 15) is 4.79 Å². The predicted octanol–water partition coefficient (Wildman–Crippen LogP) is 5.68. The van der Waals surface area contributed by atoms with Gasteiger partial charge in [-0.2, -0.15) is 0 Å². The van der Waals surface area contributed by atoms with Gasteiger partial charge in [0, 0.05) is 23.1 Å². The molecule has 3 N–H and O–H groups in total. The molecule has 1 aromatic heterocycles. The zero-order valence-corrected chi connectivity index (χ0v) is 20.1. The minimum atomic E-state index is -0.315. The molecule has 8 heteroatoms. The number of ether oxygens (including phenoxy) is 2. The number of para-hydroxylation sites is 1. The number of methoxy groups -OCH3 is 2. The highest BCUT2D eigenvalue weighted by Crippen LogP contribution is 2.49. The van der Waals surface area contributed by atoms with Crippen molar-refractivity contribution in [3.8, 4) is 11.5 Å². The first kappa shape index (κ1) is 22.5. The molecule has 1 aliphatic carbocycles. The van der Waals surface area contributed by atoms with Gasteiger partial charge in [0.25, 0.3) is 5.91 Å². The number of halogens is 1. The summed E-state index contributed by atoms with van der Waals surface area (Å²) < 4.78 is 17.0. The van der Waals surface area contributed by atoms with Gasteiger partial charge >= 0.3 is 0 Å². The second kappa shape index (κ2) is 8.80. The molecule has 1 fully saturated rings. The molecule has 5 rings (SSSR count). The molecule has 178 valence electrons. The highest BCUT2D eigenvalue weighted by Gasteiger charge is 2.42. The average molecular weight is 482 g/mol. The van der Waals surface area contributed by atoms with E-state index in [1.807, 2.05) is 24.3 Å².